The maximum absolute atomic E-state index is 9.27. The van der Waals surface area contributed by atoms with Gasteiger partial charge >= 0.3 is 0 Å². The number of nitrogen functional groups attached to an aromatic ring is 1. The van der Waals surface area contributed by atoms with Crippen molar-refractivity contribution in [2.45, 2.75) is 0 Å². The lowest BCUT2D eigenvalue weighted by Crippen LogP contribution is -2.15. The van der Waals surface area contributed by atoms with E-state index < -0.39 is 0 Å². The van der Waals surface area contributed by atoms with Crippen LogP contribution in [0.5, 0.6) is 0 Å². The van der Waals surface area contributed by atoms with Crippen LogP contribution in [0.15, 0.2) is 24.5 Å². The topological polar surface area (TPSA) is 105 Å². The molecule has 0 aromatic carbocycles. The molecule has 0 atom stereocenters. The number of nitrogens with zero attached hydrogens (tertiary/aromatic N) is 6. The number of aromatic nitrogens is 4. The smallest absolute Gasteiger partial charge is 0.230 e. The summed E-state index contributed by atoms with van der Waals surface area (Å²) in [6.45, 7) is 0. The van der Waals surface area contributed by atoms with Crippen molar-refractivity contribution < 1.29 is 0 Å². The summed E-state index contributed by atoms with van der Waals surface area (Å²) < 4.78 is 0. The van der Waals surface area contributed by atoms with Gasteiger partial charge in [0.15, 0.2) is 5.82 Å². The van der Waals surface area contributed by atoms with Gasteiger partial charge in [0.2, 0.25) is 11.9 Å². The van der Waals surface area contributed by atoms with Gasteiger partial charge in [0, 0.05) is 26.5 Å². The van der Waals surface area contributed by atoms with Crippen LogP contribution in [0.2, 0.25) is 0 Å². The quantitative estimate of drug-likeness (QED) is 0.826. The fourth-order valence-corrected chi connectivity index (χ4v) is 1.48. The Labute approximate surface area is 116 Å². The van der Waals surface area contributed by atoms with E-state index in [1.54, 1.807) is 43.5 Å². The Morgan fingerprint density at radius 2 is 2.15 bits per heavy atom. The molecular weight excluding hydrogens is 254 g/mol. The summed E-state index contributed by atoms with van der Waals surface area (Å²) in [6, 6.07) is 5.69. The lowest BCUT2D eigenvalue weighted by molar-refractivity contribution is 0.952. The fourth-order valence-electron chi connectivity index (χ4n) is 1.48. The first kappa shape index (κ1) is 13.4. The minimum absolute atomic E-state index is 0.0750. The second-order valence-electron chi connectivity index (χ2n) is 4.17. The van der Waals surface area contributed by atoms with Gasteiger partial charge in [-0.05, 0) is 17.7 Å². The second kappa shape index (κ2) is 5.75. The molecule has 2 heterocycles. The zero-order valence-electron chi connectivity index (χ0n) is 11.1. The summed E-state index contributed by atoms with van der Waals surface area (Å²) in [7, 11) is 3.57. The molecule has 100 valence electrons. The molecule has 2 N–H and O–H groups in total. The highest BCUT2D eigenvalue weighted by molar-refractivity contribution is 5.87. The predicted molar refractivity (Wildman–Crippen MR) is 76.3 cm³/mol. The molecule has 0 fully saturated rings. The first-order valence-electron chi connectivity index (χ1n) is 5.81. The highest BCUT2D eigenvalue weighted by Crippen LogP contribution is 2.16. The van der Waals surface area contributed by atoms with E-state index in [2.05, 4.69) is 26.0 Å². The third-order valence-electron chi connectivity index (χ3n) is 2.40. The van der Waals surface area contributed by atoms with Crippen molar-refractivity contribution in [1.29, 1.82) is 5.26 Å². The molecule has 0 saturated heterocycles. The van der Waals surface area contributed by atoms with Crippen LogP contribution in [0.25, 0.3) is 11.6 Å². The highest BCUT2D eigenvalue weighted by Gasteiger charge is 2.10. The first-order valence-corrected chi connectivity index (χ1v) is 5.81. The van der Waals surface area contributed by atoms with Crippen LogP contribution in [-0.4, -0.2) is 34.0 Å². The first-order chi connectivity index (χ1) is 9.60. The molecule has 7 nitrogen and oxygen atoms in total. The highest BCUT2D eigenvalue weighted by atomic mass is 15.3. The van der Waals surface area contributed by atoms with Gasteiger partial charge in [0.1, 0.15) is 6.07 Å². The molecule has 2 rings (SSSR count). The molecule has 0 unspecified atom stereocenters. The van der Waals surface area contributed by atoms with Crippen LogP contribution < -0.4 is 10.6 Å². The van der Waals surface area contributed by atoms with Gasteiger partial charge < -0.3 is 10.6 Å². The van der Waals surface area contributed by atoms with Crippen molar-refractivity contribution in [3.8, 4) is 6.07 Å². The van der Waals surface area contributed by atoms with Crippen LogP contribution in [-0.2, 0) is 0 Å². The third-order valence-corrected chi connectivity index (χ3v) is 2.40. The van der Waals surface area contributed by atoms with Crippen molar-refractivity contribution in [3.05, 3.63) is 35.9 Å². The number of nitrogens with two attached hydrogens (primary N) is 1. The van der Waals surface area contributed by atoms with E-state index in [-0.39, 0.29) is 11.8 Å². The number of nitriles is 1. The fraction of sp³-hybridized carbons (Fsp3) is 0.154. The van der Waals surface area contributed by atoms with E-state index in [4.69, 9.17) is 5.73 Å². The number of anilines is 2. The Bertz CT molecular complexity index is 671. The average molecular weight is 267 g/mol. The summed E-state index contributed by atoms with van der Waals surface area (Å²) in [4.78, 5) is 17.9. The Kier molecular flexibility index (Phi) is 3.86. The largest absolute Gasteiger partial charge is 0.368 e. The summed E-state index contributed by atoms with van der Waals surface area (Å²) in [5, 5.41) is 9.27. The van der Waals surface area contributed by atoms with Crippen LogP contribution in [0.1, 0.15) is 11.4 Å². The Hall–Kier alpha value is -3.01. The molecule has 0 bridgehead atoms. The molecule has 2 aromatic rings. The molecular formula is C13H13N7. The minimum atomic E-state index is 0.0750. The number of hydrogen-bond acceptors (Lipinski definition) is 7. The Morgan fingerprint density at radius 1 is 1.35 bits per heavy atom. The molecule has 0 aliphatic rings. The zero-order chi connectivity index (χ0) is 14.5. The van der Waals surface area contributed by atoms with Gasteiger partial charge in [-0.3, -0.25) is 4.98 Å². The van der Waals surface area contributed by atoms with Crippen molar-refractivity contribution in [1.82, 2.24) is 19.9 Å². The molecule has 2 aromatic heterocycles. The van der Waals surface area contributed by atoms with E-state index in [0.717, 1.165) is 5.56 Å². The van der Waals surface area contributed by atoms with Crippen molar-refractivity contribution in [2.24, 2.45) is 0 Å². The normalized spacial score (nSPS) is 10.9. The molecule has 0 spiro atoms. The van der Waals surface area contributed by atoms with E-state index in [9.17, 15) is 5.26 Å². The van der Waals surface area contributed by atoms with Gasteiger partial charge in [0.05, 0.1) is 5.57 Å². The van der Waals surface area contributed by atoms with Gasteiger partial charge in [0.25, 0.3) is 0 Å². The number of hydrogen-bond donors (Lipinski definition) is 1. The van der Waals surface area contributed by atoms with Crippen molar-refractivity contribution in [2.75, 3.05) is 24.7 Å². The maximum Gasteiger partial charge on any atom is 0.230 e. The molecule has 0 amide bonds. The summed E-state index contributed by atoms with van der Waals surface area (Å²) >= 11 is 0. The van der Waals surface area contributed by atoms with Crippen LogP contribution in [0.4, 0.5) is 11.9 Å². The van der Waals surface area contributed by atoms with E-state index in [0.29, 0.717) is 11.5 Å². The van der Waals surface area contributed by atoms with Gasteiger partial charge in [-0.15, -0.1) is 0 Å². The van der Waals surface area contributed by atoms with E-state index >= 15 is 0 Å². The van der Waals surface area contributed by atoms with Gasteiger partial charge in [-0.2, -0.15) is 20.2 Å². The number of rotatable bonds is 3. The minimum Gasteiger partial charge on any atom is -0.368 e. The predicted octanol–water partition coefficient (Wildman–Crippen LogP) is 0.979. The van der Waals surface area contributed by atoms with Crippen LogP contribution in [0.3, 0.4) is 0 Å². The maximum atomic E-state index is 9.27. The van der Waals surface area contributed by atoms with E-state index in [1.165, 1.54) is 0 Å². The molecule has 0 radical (unpaired) electrons. The van der Waals surface area contributed by atoms with E-state index in [1.807, 2.05) is 6.07 Å². The molecule has 20 heavy (non-hydrogen) atoms. The lowest BCUT2D eigenvalue weighted by Gasteiger charge is -2.10. The third kappa shape index (κ3) is 3.05. The van der Waals surface area contributed by atoms with Crippen molar-refractivity contribution >= 4 is 23.5 Å². The zero-order valence-corrected chi connectivity index (χ0v) is 11.1. The molecule has 0 aliphatic heterocycles. The summed E-state index contributed by atoms with van der Waals surface area (Å²) in [6.07, 6.45) is 4.96. The lowest BCUT2D eigenvalue weighted by atomic mass is 10.2. The van der Waals surface area contributed by atoms with Gasteiger partial charge in [-0.1, -0.05) is 6.07 Å². The number of allylic oxidation sites excluding steroid dienone is 1. The Morgan fingerprint density at radius 3 is 2.75 bits per heavy atom. The van der Waals surface area contributed by atoms with Crippen LogP contribution >= 0.6 is 0 Å². The summed E-state index contributed by atoms with van der Waals surface area (Å²) in [5.74, 6) is 0.721. The molecule has 0 saturated carbocycles. The average Bonchev–Trinajstić information content (AvgIpc) is 2.45. The second-order valence-corrected chi connectivity index (χ2v) is 4.17. The van der Waals surface area contributed by atoms with Crippen molar-refractivity contribution in [3.63, 3.8) is 0 Å². The Balaban J connectivity index is 2.48. The van der Waals surface area contributed by atoms with Gasteiger partial charge in [-0.25, -0.2) is 0 Å². The van der Waals surface area contributed by atoms with Crippen LogP contribution in [0, 0.1) is 11.3 Å². The SMILES string of the molecule is CN(C)c1nc(N)nc(/C(C#N)=C\c2cccnc2)n1. The standard InChI is InChI=1S/C13H13N7/c1-20(2)13-18-11(17-12(15)19-13)10(7-14)6-9-4-3-5-16-8-9/h3-6,8H,1-2H3,(H2,15,17,18,19)/b10-6-. The summed E-state index contributed by atoms with van der Waals surface area (Å²) in [5.41, 5.74) is 6.73. The molecule has 0 aliphatic carbocycles. The molecule has 7 heteroatoms. The monoisotopic (exact) mass is 267 g/mol. The number of pyridine rings is 1.